The molecule has 1 aromatic carbocycles. The summed E-state index contributed by atoms with van der Waals surface area (Å²) in [6.45, 7) is 5.12. The quantitative estimate of drug-likeness (QED) is 0.268. The molecule has 0 unspecified atom stereocenters. The van der Waals surface area contributed by atoms with E-state index in [9.17, 15) is 34.2 Å². The molecule has 0 aliphatic carbocycles. The lowest BCUT2D eigenvalue weighted by Crippen LogP contribution is -2.65. The second-order valence-electron chi connectivity index (χ2n) is 11.1. The number of hydrogen-bond acceptors (Lipinski definition) is 7. The SMILES string of the molecule is CC[C@]1(C)NC(=O)[C@H](CCCCCC(=O)[C@@H](C)O)NC(=O)[C@H]2CCCN2C(=O)[C@H](Cc2cccc(O)c2)NC1=O. The van der Waals surface area contributed by atoms with Crippen LogP contribution in [0.25, 0.3) is 0 Å². The first kappa shape index (κ1) is 31.1. The van der Waals surface area contributed by atoms with E-state index in [1.54, 1.807) is 26.0 Å². The van der Waals surface area contributed by atoms with E-state index in [4.69, 9.17) is 0 Å². The largest absolute Gasteiger partial charge is 0.508 e. The van der Waals surface area contributed by atoms with Gasteiger partial charge in [0, 0.05) is 19.4 Å². The van der Waals surface area contributed by atoms with Crippen molar-refractivity contribution in [2.45, 2.75) is 108 Å². The number of fused-ring (bicyclic) bond motifs is 1. The first-order chi connectivity index (χ1) is 18.9. The van der Waals surface area contributed by atoms with E-state index in [0.717, 1.165) is 0 Å². The maximum Gasteiger partial charge on any atom is 0.246 e. The summed E-state index contributed by atoms with van der Waals surface area (Å²) in [5, 5.41) is 27.7. The Morgan fingerprint density at radius 2 is 1.85 bits per heavy atom. The smallest absolute Gasteiger partial charge is 0.246 e. The number of Topliss-reactive ketones (excluding diaryl/α,β-unsaturated/α-hetero) is 1. The van der Waals surface area contributed by atoms with Crippen molar-refractivity contribution in [2.75, 3.05) is 6.54 Å². The van der Waals surface area contributed by atoms with Gasteiger partial charge in [0.25, 0.3) is 0 Å². The van der Waals surface area contributed by atoms with Crippen LogP contribution in [0.4, 0.5) is 0 Å². The third kappa shape index (κ3) is 7.80. The Labute approximate surface area is 235 Å². The summed E-state index contributed by atoms with van der Waals surface area (Å²) >= 11 is 0. The zero-order valence-corrected chi connectivity index (χ0v) is 23.6. The molecular formula is C29H42N4O7. The predicted octanol–water partition coefficient (Wildman–Crippen LogP) is 1.09. The fourth-order valence-electron chi connectivity index (χ4n) is 5.17. The lowest BCUT2D eigenvalue weighted by molar-refractivity contribution is -0.144. The van der Waals surface area contributed by atoms with Gasteiger partial charge in [-0.2, -0.15) is 0 Å². The minimum Gasteiger partial charge on any atom is -0.508 e. The second-order valence-corrected chi connectivity index (χ2v) is 11.1. The van der Waals surface area contributed by atoms with Crippen molar-refractivity contribution in [3.63, 3.8) is 0 Å². The van der Waals surface area contributed by atoms with Gasteiger partial charge in [0.2, 0.25) is 23.6 Å². The highest BCUT2D eigenvalue weighted by atomic mass is 16.3. The third-order valence-corrected chi connectivity index (χ3v) is 7.91. The number of carbonyl (C=O) groups is 5. The number of nitrogens with one attached hydrogen (secondary N) is 3. The number of phenols is 1. The monoisotopic (exact) mass is 558 g/mol. The molecule has 3 rings (SSSR count). The Kier molecular flexibility index (Phi) is 10.7. The van der Waals surface area contributed by atoms with Crippen molar-refractivity contribution in [2.24, 2.45) is 0 Å². The predicted molar refractivity (Wildman–Crippen MR) is 147 cm³/mol. The maximum absolute atomic E-state index is 13.8. The molecule has 0 radical (unpaired) electrons. The minimum absolute atomic E-state index is 0.0362. The molecule has 4 amide bonds. The summed E-state index contributed by atoms with van der Waals surface area (Å²) in [6.07, 6.45) is 2.63. The molecule has 0 aromatic heterocycles. The lowest BCUT2D eigenvalue weighted by atomic mass is 9.94. The van der Waals surface area contributed by atoms with Crippen LogP contribution in [0.2, 0.25) is 0 Å². The zero-order chi connectivity index (χ0) is 29.4. The first-order valence-electron chi connectivity index (χ1n) is 14.2. The fourth-order valence-corrected chi connectivity index (χ4v) is 5.17. The van der Waals surface area contributed by atoms with Crippen molar-refractivity contribution < 1.29 is 34.2 Å². The lowest BCUT2D eigenvalue weighted by Gasteiger charge is -2.36. The minimum atomic E-state index is -1.34. The van der Waals surface area contributed by atoms with Crippen molar-refractivity contribution in [1.29, 1.82) is 0 Å². The van der Waals surface area contributed by atoms with E-state index in [-0.39, 0.29) is 36.7 Å². The average molecular weight is 559 g/mol. The standard InChI is InChI=1S/C29H42N4O7/c1-4-29(3)28(40)31-22(17-19-10-8-11-20(35)16-19)27(39)33-15-9-13-23(33)26(38)30-21(25(37)32-29)12-6-5-7-14-24(36)18(2)34/h8,10-11,16,18,21-23,34-35H,4-7,9,12-15,17H2,1-3H3,(H,30,38)(H,31,40)(H,32,37)/t18-,21+,22+,23-,29+/m1/s1. The molecule has 5 atom stereocenters. The van der Waals surface area contributed by atoms with Gasteiger partial charge in [-0.1, -0.05) is 31.9 Å². The number of phenolic OH excluding ortho intramolecular Hbond substituents is 1. The Morgan fingerprint density at radius 3 is 2.52 bits per heavy atom. The van der Waals surface area contributed by atoms with Crippen molar-refractivity contribution >= 4 is 29.4 Å². The van der Waals surface area contributed by atoms with Crippen LogP contribution in [0.15, 0.2) is 24.3 Å². The number of benzene rings is 1. The van der Waals surface area contributed by atoms with E-state index in [1.807, 2.05) is 0 Å². The third-order valence-electron chi connectivity index (χ3n) is 7.91. The van der Waals surface area contributed by atoms with E-state index >= 15 is 0 Å². The number of aliphatic hydroxyl groups is 1. The van der Waals surface area contributed by atoms with Crippen molar-refractivity contribution in [1.82, 2.24) is 20.9 Å². The van der Waals surface area contributed by atoms with Gasteiger partial charge < -0.3 is 31.1 Å². The number of aliphatic hydroxyl groups excluding tert-OH is 1. The molecule has 2 aliphatic rings. The topological polar surface area (TPSA) is 165 Å². The zero-order valence-electron chi connectivity index (χ0n) is 23.6. The number of hydrogen-bond donors (Lipinski definition) is 5. The summed E-state index contributed by atoms with van der Waals surface area (Å²) in [7, 11) is 0. The highest BCUT2D eigenvalue weighted by Crippen LogP contribution is 2.23. The van der Waals surface area contributed by atoms with E-state index in [2.05, 4.69) is 16.0 Å². The van der Waals surface area contributed by atoms with Gasteiger partial charge in [-0.3, -0.25) is 24.0 Å². The van der Waals surface area contributed by atoms with E-state index in [0.29, 0.717) is 50.6 Å². The molecule has 0 spiro atoms. The molecule has 220 valence electrons. The molecule has 0 bridgehead atoms. The van der Waals surface area contributed by atoms with Gasteiger partial charge in [0.15, 0.2) is 5.78 Å². The summed E-state index contributed by atoms with van der Waals surface area (Å²) in [5.74, 6) is -2.02. The number of ketones is 1. The number of unbranched alkanes of at least 4 members (excludes halogenated alkanes) is 2. The van der Waals surface area contributed by atoms with Crippen LogP contribution in [0.3, 0.4) is 0 Å². The van der Waals surface area contributed by atoms with Crippen molar-refractivity contribution in [3.8, 4) is 5.75 Å². The van der Waals surface area contributed by atoms with Crippen LogP contribution < -0.4 is 16.0 Å². The molecule has 11 nitrogen and oxygen atoms in total. The van der Waals surface area contributed by atoms with E-state index < -0.39 is 47.5 Å². The van der Waals surface area contributed by atoms with Crippen LogP contribution in [-0.2, 0) is 30.4 Å². The molecule has 2 fully saturated rings. The van der Waals surface area contributed by atoms with Crippen LogP contribution in [0.5, 0.6) is 5.75 Å². The van der Waals surface area contributed by atoms with Crippen molar-refractivity contribution in [3.05, 3.63) is 29.8 Å². The average Bonchev–Trinajstić information content (AvgIpc) is 3.40. The number of aromatic hydroxyl groups is 1. The molecule has 40 heavy (non-hydrogen) atoms. The summed E-state index contributed by atoms with van der Waals surface area (Å²) in [5.41, 5.74) is -0.701. The maximum atomic E-state index is 13.8. The van der Waals surface area contributed by atoms with Crippen LogP contribution in [0, 0.1) is 0 Å². The van der Waals surface area contributed by atoms with Gasteiger partial charge in [0.05, 0.1) is 0 Å². The fraction of sp³-hybridized carbons (Fsp3) is 0.621. The number of amides is 4. The Balaban J connectivity index is 1.83. The molecule has 11 heteroatoms. The normalized spacial score (nSPS) is 26.6. The van der Waals surface area contributed by atoms with Gasteiger partial charge in [0.1, 0.15) is 35.5 Å². The molecular weight excluding hydrogens is 516 g/mol. The van der Waals surface area contributed by atoms with Gasteiger partial charge in [-0.05, 0) is 63.6 Å². The van der Waals surface area contributed by atoms with Gasteiger partial charge >= 0.3 is 0 Å². The number of nitrogens with zero attached hydrogens (tertiary/aromatic N) is 1. The summed E-state index contributed by atoms with van der Waals surface area (Å²) in [4.78, 5) is 67.3. The first-order valence-corrected chi connectivity index (χ1v) is 14.2. The molecule has 1 aromatic rings. The molecule has 2 heterocycles. The second kappa shape index (κ2) is 13.7. The molecule has 2 saturated heterocycles. The number of carbonyl (C=O) groups excluding carboxylic acids is 5. The highest BCUT2D eigenvalue weighted by molar-refractivity contribution is 5.99. The van der Waals surface area contributed by atoms with Crippen LogP contribution in [0.1, 0.15) is 77.7 Å². The van der Waals surface area contributed by atoms with Gasteiger partial charge in [-0.15, -0.1) is 0 Å². The Morgan fingerprint density at radius 1 is 1.10 bits per heavy atom. The van der Waals surface area contributed by atoms with Gasteiger partial charge in [-0.25, -0.2) is 0 Å². The Hall–Kier alpha value is -3.47. The Bertz CT molecular complexity index is 1110. The number of rotatable bonds is 10. The summed E-state index contributed by atoms with van der Waals surface area (Å²) < 4.78 is 0. The summed E-state index contributed by atoms with van der Waals surface area (Å²) in [6, 6.07) is 3.75. The molecule has 0 saturated carbocycles. The highest BCUT2D eigenvalue weighted by Gasteiger charge is 2.43. The molecule has 2 aliphatic heterocycles. The molecule has 5 N–H and O–H groups in total. The van der Waals surface area contributed by atoms with E-state index in [1.165, 1.54) is 24.0 Å². The van der Waals surface area contributed by atoms with Crippen LogP contribution >= 0.6 is 0 Å². The van der Waals surface area contributed by atoms with Crippen LogP contribution in [-0.4, -0.2) is 80.8 Å².